The summed E-state index contributed by atoms with van der Waals surface area (Å²) < 4.78 is 61.6. The van der Waals surface area contributed by atoms with E-state index in [1.807, 2.05) is 0 Å². The Kier molecular flexibility index (Phi) is 90.5. The van der Waals surface area contributed by atoms with Crippen LogP contribution in [0.25, 0.3) is 0 Å². The number of ether oxygens (including phenoxy) is 3. The second-order valence-electron chi connectivity index (χ2n) is 32.5. The molecule has 0 heterocycles. The molecule has 0 fully saturated rings. The highest BCUT2D eigenvalue weighted by molar-refractivity contribution is 7.47. The van der Waals surface area contributed by atoms with Crippen LogP contribution >= 0.6 is 15.6 Å². The van der Waals surface area contributed by atoms with E-state index in [-0.39, 0.29) is 19.3 Å². The van der Waals surface area contributed by atoms with Crippen molar-refractivity contribution < 1.29 is 75.8 Å². The molecule has 18 heteroatoms. The van der Waals surface area contributed by atoms with Gasteiger partial charge in [-0.05, 0) is 154 Å². The third kappa shape index (κ3) is 95.7. The average Bonchev–Trinajstić information content (AvgIpc) is 0.870. The molecule has 121 heavy (non-hydrogen) atoms. The van der Waals surface area contributed by atoms with Crippen molar-refractivity contribution in [1.29, 1.82) is 0 Å². The highest BCUT2D eigenvalue weighted by atomic mass is 31.2. The van der Waals surface area contributed by atoms with Crippen molar-refractivity contribution in [3.05, 3.63) is 158 Å². The molecule has 0 aromatic carbocycles. The van der Waals surface area contributed by atoms with Gasteiger partial charge in [0.15, 0.2) is 6.10 Å². The Bertz CT molecular complexity index is 2830. The Hall–Kier alpha value is -4.83. The summed E-state index contributed by atoms with van der Waals surface area (Å²) in [6.45, 7) is 2.56. The van der Waals surface area contributed by atoms with Crippen molar-refractivity contribution in [3.63, 3.8) is 0 Å². The lowest BCUT2D eigenvalue weighted by Crippen LogP contribution is -2.30. The van der Waals surface area contributed by atoms with E-state index in [1.54, 1.807) is 0 Å². The van der Waals surface area contributed by atoms with Crippen molar-refractivity contribution in [3.8, 4) is 0 Å². The molecular weight excluding hydrogens is 1560 g/mol. The minimum Gasteiger partial charge on any atom is -0.463 e. The number of phosphoric ester groups is 2. The maximum absolute atomic E-state index is 13.1. The molecular formula is C103H178O16P2. The number of hydrogen-bond donors (Lipinski definition) is 4. The minimum atomic E-state index is -4.95. The monoisotopic (exact) mass is 1730 g/mol. The standard InChI is InChI=1S/C103H178O16P2/c1-4-7-10-13-16-19-22-25-28-31-34-37-40-42-44-45-46-47-48-49-50-51-53-55-57-59-62-65-68-71-74-77-80-83-86-89-101(106)113-92-98(104)93-115-120(109,110)116-94-99(105)95-117-121(111,112)118-97-100(119-103(108)91-88-85-82-79-76-73-70-67-64-61-56-39-36-33-30-27-24-21-18-15-12-9-6-3)96-114-102(107)90-87-84-81-78-75-72-69-66-63-60-58-54-52-43-41-38-35-32-29-26-23-20-17-14-11-8-5-2/h7,10,16-21,25-30,34-39,42-44,52,61,64,98-100,104-105H,4-6,8-9,11-15,22-24,31-33,40-41,45-51,53-60,62-63,65-97H2,1-3H3,(H,109,110)(H,111,112)/b10-7-,19-16-,20-17-,21-18-,28-25-,29-26-,30-27-,37-34-,38-35-,39-36-,44-42-,52-43-,64-61-. The Balaban J connectivity index is 4.55. The Morgan fingerprint density at radius 1 is 0.240 bits per heavy atom. The number of unbranched alkanes of at least 4 members (excludes halogenated alkanes) is 43. The molecule has 4 N–H and O–H groups in total. The summed E-state index contributed by atoms with van der Waals surface area (Å²) in [5.74, 6) is -1.58. The summed E-state index contributed by atoms with van der Waals surface area (Å²) in [6.07, 6.45) is 122. The molecule has 5 unspecified atom stereocenters. The Morgan fingerprint density at radius 3 is 0.694 bits per heavy atom. The highest BCUT2D eigenvalue weighted by Crippen LogP contribution is 2.45. The number of hydrogen-bond acceptors (Lipinski definition) is 14. The van der Waals surface area contributed by atoms with Crippen molar-refractivity contribution in [2.75, 3.05) is 39.6 Å². The number of aliphatic hydroxyl groups is 2. The molecule has 0 amide bonds. The third-order valence-electron chi connectivity index (χ3n) is 20.7. The first-order valence-corrected chi connectivity index (χ1v) is 51.8. The van der Waals surface area contributed by atoms with Crippen molar-refractivity contribution in [1.82, 2.24) is 0 Å². The molecule has 0 radical (unpaired) electrons. The molecule has 0 bridgehead atoms. The van der Waals surface area contributed by atoms with Crippen LogP contribution in [-0.2, 0) is 55.8 Å². The van der Waals surface area contributed by atoms with E-state index in [4.69, 9.17) is 32.3 Å². The van der Waals surface area contributed by atoms with E-state index >= 15 is 0 Å². The maximum Gasteiger partial charge on any atom is 0.472 e. The van der Waals surface area contributed by atoms with Crippen LogP contribution in [0.15, 0.2) is 158 Å². The number of esters is 3. The molecule has 5 atom stereocenters. The van der Waals surface area contributed by atoms with Gasteiger partial charge in [0.2, 0.25) is 0 Å². The van der Waals surface area contributed by atoms with Gasteiger partial charge in [0.1, 0.15) is 25.4 Å². The predicted molar refractivity (Wildman–Crippen MR) is 509 cm³/mol. The van der Waals surface area contributed by atoms with Crippen LogP contribution in [0.1, 0.15) is 419 Å². The van der Waals surface area contributed by atoms with Gasteiger partial charge >= 0.3 is 33.6 Å². The fourth-order valence-corrected chi connectivity index (χ4v) is 14.9. The Morgan fingerprint density at radius 2 is 0.438 bits per heavy atom. The van der Waals surface area contributed by atoms with E-state index in [0.717, 1.165) is 167 Å². The topological polar surface area (TPSA) is 231 Å². The molecule has 0 aromatic heterocycles. The van der Waals surface area contributed by atoms with Crippen LogP contribution < -0.4 is 0 Å². The fraction of sp³-hybridized carbons (Fsp3) is 0.718. The first kappa shape index (κ1) is 116. The summed E-state index contributed by atoms with van der Waals surface area (Å²) in [7, 11) is -9.82. The van der Waals surface area contributed by atoms with Gasteiger partial charge in [0, 0.05) is 19.3 Å². The Labute approximate surface area is 740 Å². The van der Waals surface area contributed by atoms with Crippen LogP contribution in [0.2, 0.25) is 0 Å². The molecule has 0 aliphatic carbocycles. The van der Waals surface area contributed by atoms with Crippen LogP contribution in [-0.4, -0.2) is 95.9 Å². The van der Waals surface area contributed by atoms with Crippen molar-refractivity contribution in [2.45, 2.75) is 437 Å². The molecule has 696 valence electrons. The smallest absolute Gasteiger partial charge is 0.463 e. The van der Waals surface area contributed by atoms with Gasteiger partial charge in [-0.3, -0.25) is 32.5 Å². The number of phosphoric acid groups is 2. The molecule has 0 saturated carbocycles. The zero-order valence-electron chi connectivity index (χ0n) is 76.9. The molecule has 0 aliphatic rings. The van der Waals surface area contributed by atoms with Gasteiger partial charge in [-0.1, -0.05) is 403 Å². The highest BCUT2D eigenvalue weighted by Gasteiger charge is 2.30. The van der Waals surface area contributed by atoms with E-state index in [2.05, 4.69) is 179 Å². The third-order valence-corrected chi connectivity index (χ3v) is 22.6. The lowest BCUT2D eigenvalue weighted by atomic mass is 10.0. The average molecular weight is 1730 g/mol. The molecule has 0 aliphatic heterocycles. The minimum absolute atomic E-state index is 0.0890. The van der Waals surface area contributed by atoms with E-state index in [1.165, 1.54) is 193 Å². The van der Waals surface area contributed by atoms with E-state index < -0.39 is 91.5 Å². The maximum atomic E-state index is 13.1. The van der Waals surface area contributed by atoms with Crippen LogP contribution in [0.4, 0.5) is 0 Å². The van der Waals surface area contributed by atoms with Gasteiger partial charge in [-0.2, -0.15) is 0 Å². The first-order valence-electron chi connectivity index (χ1n) is 48.8. The largest absolute Gasteiger partial charge is 0.472 e. The fourth-order valence-electron chi connectivity index (χ4n) is 13.3. The van der Waals surface area contributed by atoms with E-state index in [9.17, 15) is 43.5 Å². The number of carbonyl (C=O) groups is 3. The van der Waals surface area contributed by atoms with Crippen LogP contribution in [0, 0.1) is 0 Å². The van der Waals surface area contributed by atoms with Gasteiger partial charge in [-0.25, -0.2) is 9.13 Å². The zero-order chi connectivity index (χ0) is 87.9. The molecule has 0 saturated heterocycles. The SMILES string of the molecule is CC/C=C\C/C=C\C/C=C\C/C=C\C/C=C\CCCCCCCCCCCCCCCCCCCCCC(=O)OCC(O)COP(=O)(O)OCC(O)COP(=O)(O)OCC(COC(=O)CCCCCCCCCCCCC/C=C\C/C=C\C/C=C\C/C=C\CCCCC)OC(=O)CCCCCCCCC/C=C\C/C=C\C/C=C\C/C=C\CCCCC. The summed E-state index contributed by atoms with van der Waals surface area (Å²) in [5, 5.41) is 20.8. The van der Waals surface area contributed by atoms with Crippen LogP contribution in [0.3, 0.4) is 0 Å². The zero-order valence-corrected chi connectivity index (χ0v) is 78.7. The van der Waals surface area contributed by atoms with Gasteiger partial charge in [0.05, 0.1) is 26.4 Å². The summed E-state index contributed by atoms with van der Waals surface area (Å²) in [4.78, 5) is 59.1. The first-order chi connectivity index (χ1) is 59.2. The lowest BCUT2D eigenvalue weighted by molar-refractivity contribution is -0.161. The van der Waals surface area contributed by atoms with Crippen LogP contribution in [0.5, 0.6) is 0 Å². The molecule has 0 aromatic rings. The normalized spacial score (nSPS) is 14.4. The molecule has 0 rings (SSSR count). The molecule has 16 nitrogen and oxygen atoms in total. The van der Waals surface area contributed by atoms with Crippen molar-refractivity contribution >= 4 is 33.6 Å². The summed E-state index contributed by atoms with van der Waals surface area (Å²) >= 11 is 0. The lowest BCUT2D eigenvalue weighted by Gasteiger charge is -2.21. The summed E-state index contributed by atoms with van der Waals surface area (Å²) in [5.41, 5.74) is 0. The van der Waals surface area contributed by atoms with Gasteiger partial charge in [-0.15, -0.1) is 0 Å². The second kappa shape index (κ2) is 94.3. The van der Waals surface area contributed by atoms with Crippen molar-refractivity contribution in [2.24, 2.45) is 0 Å². The van der Waals surface area contributed by atoms with Gasteiger partial charge < -0.3 is 34.2 Å². The number of aliphatic hydroxyl groups excluding tert-OH is 2. The summed E-state index contributed by atoms with van der Waals surface area (Å²) in [6, 6.07) is 0. The quantitative estimate of drug-likeness (QED) is 0.0146. The number of rotatable bonds is 92. The predicted octanol–water partition coefficient (Wildman–Crippen LogP) is 30.5. The number of allylic oxidation sites excluding steroid dienone is 26. The second-order valence-corrected chi connectivity index (χ2v) is 35.4. The number of carbonyl (C=O) groups excluding carboxylic acids is 3. The van der Waals surface area contributed by atoms with E-state index in [0.29, 0.717) is 19.3 Å². The molecule has 0 spiro atoms. The van der Waals surface area contributed by atoms with Gasteiger partial charge in [0.25, 0.3) is 0 Å².